The van der Waals surface area contributed by atoms with Crippen LogP contribution in [0.1, 0.15) is 0 Å². The maximum Gasteiger partial charge on any atom is 0.159 e. The minimum Gasteiger partial charge on any atom is -0.454 e. The number of nitrogens with zero attached hydrogens (tertiary/aromatic N) is 1. The molecule has 0 radical (unpaired) electrons. The van der Waals surface area contributed by atoms with Crippen LogP contribution in [-0.2, 0) is 0 Å². The third kappa shape index (κ3) is 4.55. The van der Waals surface area contributed by atoms with Crippen molar-refractivity contribution in [2.75, 3.05) is 4.90 Å². The number of anilines is 3. The fourth-order valence-electron chi connectivity index (χ4n) is 7.93. The fourth-order valence-corrected chi connectivity index (χ4v) is 10.3. The lowest BCUT2D eigenvalue weighted by Crippen LogP contribution is -2.10. The van der Waals surface area contributed by atoms with Crippen molar-refractivity contribution in [1.29, 1.82) is 0 Å². The largest absolute Gasteiger partial charge is 0.454 e. The molecule has 0 aliphatic carbocycles. The minimum absolute atomic E-state index is 0.874. The van der Waals surface area contributed by atoms with E-state index in [1.54, 1.807) is 0 Å². The Morgan fingerprint density at radius 3 is 1.94 bits per heavy atom. The van der Waals surface area contributed by atoms with Crippen LogP contribution in [0.15, 0.2) is 180 Å². The van der Waals surface area contributed by atoms with Gasteiger partial charge >= 0.3 is 0 Å². The van der Waals surface area contributed by atoms with Gasteiger partial charge in [-0.1, -0.05) is 121 Å². The van der Waals surface area contributed by atoms with Crippen molar-refractivity contribution < 1.29 is 4.42 Å². The molecule has 4 heteroatoms. The molecule has 3 aromatic heterocycles. The maximum atomic E-state index is 6.65. The van der Waals surface area contributed by atoms with Crippen LogP contribution >= 0.6 is 22.7 Å². The van der Waals surface area contributed by atoms with Gasteiger partial charge in [0.05, 0.1) is 5.69 Å². The van der Waals surface area contributed by atoms with Gasteiger partial charge in [0.15, 0.2) is 5.58 Å². The van der Waals surface area contributed by atoms with Gasteiger partial charge in [-0.05, 0) is 76.9 Å². The van der Waals surface area contributed by atoms with Gasteiger partial charge in [0.25, 0.3) is 0 Å². The zero-order chi connectivity index (χ0) is 34.2. The molecule has 0 amide bonds. The summed E-state index contributed by atoms with van der Waals surface area (Å²) in [7, 11) is 0. The van der Waals surface area contributed by atoms with Gasteiger partial charge in [0.1, 0.15) is 5.58 Å². The van der Waals surface area contributed by atoms with Crippen molar-refractivity contribution in [2.24, 2.45) is 0 Å². The van der Waals surface area contributed by atoms with Crippen molar-refractivity contribution in [2.45, 2.75) is 0 Å². The second-order valence-electron chi connectivity index (χ2n) is 13.2. The van der Waals surface area contributed by atoms with Crippen molar-refractivity contribution in [3.63, 3.8) is 0 Å². The molecule has 8 aromatic carbocycles. The first-order valence-electron chi connectivity index (χ1n) is 17.5. The van der Waals surface area contributed by atoms with Gasteiger partial charge in [0, 0.05) is 62.5 Å². The van der Waals surface area contributed by atoms with E-state index < -0.39 is 0 Å². The lowest BCUT2D eigenvalue weighted by Gasteiger charge is -2.26. The molecule has 0 bridgehead atoms. The van der Waals surface area contributed by atoms with Crippen LogP contribution in [0.2, 0.25) is 0 Å². The van der Waals surface area contributed by atoms with Crippen LogP contribution in [0.5, 0.6) is 0 Å². The Morgan fingerprint density at radius 1 is 0.404 bits per heavy atom. The average Bonchev–Trinajstić information content (AvgIpc) is 3.90. The molecule has 0 spiro atoms. The van der Waals surface area contributed by atoms with Crippen LogP contribution in [0, 0.1) is 0 Å². The van der Waals surface area contributed by atoms with Crippen LogP contribution in [0.4, 0.5) is 17.1 Å². The Balaban J connectivity index is 1.10. The van der Waals surface area contributed by atoms with E-state index in [9.17, 15) is 0 Å². The van der Waals surface area contributed by atoms with Gasteiger partial charge in [0.2, 0.25) is 0 Å². The Labute approximate surface area is 308 Å². The third-order valence-corrected chi connectivity index (χ3v) is 12.6. The molecule has 0 aliphatic rings. The first-order chi connectivity index (χ1) is 25.8. The van der Waals surface area contributed by atoms with E-state index in [0.29, 0.717) is 0 Å². The molecule has 0 saturated heterocycles. The van der Waals surface area contributed by atoms with Crippen molar-refractivity contribution in [3.8, 4) is 22.3 Å². The van der Waals surface area contributed by atoms with E-state index in [2.05, 4.69) is 175 Å². The average molecular weight is 700 g/mol. The SMILES string of the molecule is c1cc(-c2cccc3c2sc2ccccc23)cc(N(c2ccc(-c3cccc4sc5ccccc5c34)cc2)c2cccc3c2oc2ccccc23)c1. The number of thiophene rings is 2. The van der Waals surface area contributed by atoms with E-state index >= 15 is 0 Å². The number of rotatable bonds is 5. The highest BCUT2D eigenvalue weighted by atomic mass is 32.1. The fraction of sp³-hybridized carbons (Fsp3) is 0. The van der Waals surface area contributed by atoms with E-state index in [-0.39, 0.29) is 0 Å². The summed E-state index contributed by atoms with van der Waals surface area (Å²) < 4.78 is 11.9. The highest BCUT2D eigenvalue weighted by Crippen LogP contribution is 2.46. The second-order valence-corrected chi connectivity index (χ2v) is 15.4. The van der Waals surface area contributed by atoms with Crippen molar-refractivity contribution in [3.05, 3.63) is 176 Å². The summed E-state index contributed by atoms with van der Waals surface area (Å²) in [5.41, 5.74) is 9.79. The van der Waals surface area contributed by atoms with E-state index in [1.165, 1.54) is 62.6 Å². The summed E-state index contributed by atoms with van der Waals surface area (Å²) in [5.74, 6) is 0. The Hall–Kier alpha value is -6.20. The molecule has 0 atom stereocenters. The summed E-state index contributed by atoms with van der Waals surface area (Å²) >= 11 is 3.73. The molecule has 2 nitrogen and oxygen atoms in total. The smallest absolute Gasteiger partial charge is 0.159 e. The summed E-state index contributed by atoms with van der Waals surface area (Å²) in [4.78, 5) is 2.35. The van der Waals surface area contributed by atoms with Crippen LogP contribution in [-0.4, -0.2) is 0 Å². The predicted octanol–water partition coefficient (Wildman–Crippen LogP) is 15.1. The van der Waals surface area contributed by atoms with Gasteiger partial charge < -0.3 is 9.32 Å². The zero-order valence-corrected chi connectivity index (χ0v) is 29.5. The molecule has 0 unspecified atom stereocenters. The highest BCUT2D eigenvalue weighted by Gasteiger charge is 2.21. The minimum atomic E-state index is 0.874. The van der Waals surface area contributed by atoms with E-state index in [4.69, 9.17) is 4.42 Å². The Kier molecular flexibility index (Phi) is 6.63. The van der Waals surface area contributed by atoms with Gasteiger partial charge in [-0.15, -0.1) is 22.7 Å². The summed E-state index contributed by atoms with van der Waals surface area (Å²) in [6, 6.07) is 63.6. The van der Waals surface area contributed by atoms with Gasteiger partial charge in [-0.25, -0.2) is 0 Å². The number of para-hydroxylation sites is 2. The van der Waals surface area contributed by atoms with Gasteiger partial charge in [-0.2, -0.15) is 0 Å². The highest BCUT2D eigenvalue weighted by molar-refractivity contribution is 7.26. The van der Waals surface area contributed by atoms with Crippen LogP contribution < -0.4 is 4.90 Å². The number of fused-ring (bicyclic) bond motifs is 9. The molecule has 52 heavy (non-hydrogen) atoms. The van der Waals surface area contributed by atoms with Crippen LogP contribution in [0.3, 0.4) is 0 Å². The quantitative estimate of drug-likeness (QED) is 0.178. The lowest BCUT2D eigenvalue weighted by molar-refractivity contribution is 0.669. The first-order valence-corrected chi connectivity index (χ1v) is 19.1. The van der Waals surface area contributed by atoms with Crippen molar-refractivity contribution >= 4 is 102 Å². The molecule has 0 fully saturated rings. The Morgan fingerprint density at radius 2 is 1.06 bits per heavy atom. The zero-order valence-electron chi connectivity index (χ0n) is 27.9. The maximum absolute atomic E-state index is 6.65. The molecule has 0 aliphatic heterocycles. The van der Waals surface area contributed by atoms with E-state index in [1.807, 2.05) is 28.7 Å². The number of furan rings is 1. The van der Waals surface area contributed by atoms with Crippen LogP contribution in [0.25, 0.3) is 84.5 Å². The molecular formula is C48H29NOS2. The summed E-state index contributed by atoms with van der Waals surface area (Å²) in [6.45, 7) is 0. The molecule has 11 rings (SSSR count). The number of hydrogen-bond acceptors (Lipinski definition) is 4. The van der Waals surface area contributed by atoms with Crippen molar-refractivity contribution in [1.82, 2.24) is 0 Å². The normalized spacial score (nSPS) is 11.8. The topological polar surface area (TPSA) is 16.4 Å². The summed E-state index contributed by atoms with van der Waals surface area (Å²) in [6.07, 6.45) is 0. The molecular weight excluding hydrogens is 671 g/mol. The number of benzene rings is 8. The standard InChI is InChI=1S/C48H29NOS2/c1-4-21-42-36(13-1)38-18-9-20-41(47(38)50-42)49(32-27-25-30(26-28-32)34-16-10-24-45-46(34)40-15-3-6-23-44(40)51-45)33-12-7-11-31(29-33)35-17-8-19-39-37-14-2-5-22-43(37)52-48(35)39/h1-29H. The van der Waals surface area contributed by atoms with Gasteiger partial charge in [-0.3, -0.25) is 0 Å². The molecule has 3 heterocycles. The monoisotopic (exact) mass is 699 g/mol. The predicted molar refractivity (Wildman–Crippen MR) is 225 cm³/mol. The molecule has 0 N–H and O–H groups in total. The van der Waals surface area contributed by atoms with E-state index in [0.717, 1.165) is 39.0 Å². The second kappa shape index (κ2) is 11.7. The lowest BCUT2D eigenvalue weighted by atomic mass is 9.99. The third-order valence-electron chi connectivity index (χ3n) is 10.3. The Bertz CT molecular complexity index is 3150. The molecule has 244 valence electrons. The molecule has 11 aromatic rings. The summed E-state index contributed by atoms with van der Waals surface area (Å²) in [5, 5.41) is 7.47. The molecule has 0 saturated carbocycles. The number of hydrogen-bond donors (Lipinski definition) is 0. The first kappa shape index (κ1) is 29.5.